The van der Waals surface area contributed by atoms with E-state index in [1.54, 1.807) is 24.3 Å². The number of nitrogen functional groups attached to an aromatic ring is 1. The topological polar surface area (TPSA) is 211 Å². The summed E-state index contributed by atoms with van der Waals surface area (Å²) in [6.45, 7) is 3.95. The molecule has 2 aromatic heterocycles. The van der Waals surface area contributed by atoms with Gasteiger partial charge in [0, 0.05) is 24.9 Å². The van der Waals surface area contributed by atoms with E-state index in [4.69, 9.17) is 11.6 Å². The van der Waals surface area contributed by atoms with Gasteiger partial charge in [-0.2, -0.15) is 9.97 Å². The van der Waals surface area contributed by atoms with Crippen molar-refractivity contribution in [3.8, 4) is 0 Å². The minimum atomic E-state index is -2.14. The molecular formula is C22H24N8O5. The maximum Gasteiger partial charge on any atom is 0.331 e. The molecule has 0 fully saturated rings. The molecule has 0 unspecified atom stereocenters. The lowest BCUT2D eigenvalue weighted by atomic mass is 9.86. The van der Waals surface area contributed by atoms with E-state index in [0.29, 0.717) is 11.6 Å². The van der Waals surface area contributed by atoms with Gasteiger partial charge in [0.2, 0.25) is 5.95 Å². The zero-order valence-corrected chi connectivity index (χ0v) is 18.6. The van der Waals surface area contributed by atoms with E-state index in [-0.39, 0.29) is 34.2 Å². The number of hydrogen-bond acceptors (Lipinski definition) is 10. The first-order chi connectivity index (χ1) is 16.7. The predicted octanol–water partition coefficient (Wildman–Crippen LogP) is 0.847. The molecule has 1 amide bonds. The van der Waals surface area contributed by atoms with Gasteiger partial charge < -0.3 is 21.3 Å². The summed E-state index contributed by atoms with van der Waals surface area (Å²) in [6, 6.07) is 7.82. The standard InChI is InChI=1S/C22H24N8O5/c1-2-10-25-17-16-18(29-21(23)28-17)26-12-14(27-16)11-22(20(34)35,9-8-15(31)32)30(24)19(33)13-6-4-3-5-7-13/h2-7,12H,1,8-11,24H2,(H,31,32)(H,34,35)(H3,23,25,26,28,29)/t22-/m0/s1. The van der Waals surface area contributed by atoms with E-state index in [1.165, 1.54) is 18.3 Å². The van der Waals surface area contributed by atoms with Crippen molar-refractivity contribution in [1.82, 2.24) is 24.9 Å². The molecule has 35 heavy (non-hydrogen) atoms. The van der Waals surface area contributed by atoms with Crippen LogP contribution in [0.25, 0.3) is 11.2 Å². The van der Waals surface area contributed by atoms with Gasteiger partial charge >= 0.3 is 11.9 Å². The van der Waals surface area contributed by atoms with Crippen molar-refractivity contribution >= 4 is 40.8 Å². The molecule has 0 spiro atoms. The van der Waals surface area contributed by atoms with Crippen molar-refractivity contribution in [2.24, 2.45) is 5.84 Å². The third kappa shape index (κ3) is 5.47. The van der Waals surface area contributed by atoms with Gasteiger partial charge in [0.1, 0.15) is 0 Å². The Hall–Kier alpha value is -4.65. The van der Waals surface area contributed by atoms with Crippen LogP contribution in [-0.2, 0) is 16.0 Å². The summed E-state index contributed by atoms with van der Waals surface area (Å²) in [4.78, 5) is 53.7. The lowest BCUT2D eigenvalue weighted by Gasteiger charge is -2.37. The molecule has 1 aromatic carbocycles. The van der Waals surface area contributed by atoms with E-state index >= 15 is 0 Å². The maximum atomic E-state index is 13.1. The van der Waals surface area contributed by atoms with Gasteiger partial charge in [0.25, 0.3) is 5.91 Å². The van der Waals surface area contributed by atoms with Crippen molar-refractivity contribution in [3.05, 3.63) is 60.4 Å². The third-order valence-electron chi connectivity index (χ3n) is 5.21. The molecule has 0 saturated heterocycles. The monoisotopic (exact) mass is 480 g/mol. The van der Waals surface area contributed by atoms with Crippen LogP contribution in [0.5, 0.6) is 0 Å². The molecule has 1 atom stereocenters. The SMILES string of the molecule is C=CCNc1nc(N)nc2ncc(C[C@@](CCC(=O)O)(C(=O)O)N(N)C(=O)c3ccccc3)nc12. The van der Waals surface area contributed by atoms with Crippen LogP contribution in [0.3, 0.4) is 0 Å². The van der Waals surface area contributed by atoms with Crippen molar-refractivity contribution in [3.63, 3.8) is 0 Å². The number of nitrogens with two attached hydrogens (primary N) is 2. The number of nitrogens with one attached hydrogen (secondary N) is 1. The van der Waals surface area contributed by atoms with Crippen molar-refractivity contribution < 1.29 is 24.6 Å². The minimum absolute atomic E-state index is 0.0472. The van der Waals surface area contributed by atoms with Gasteiger partial charge in [-0.15, -0.1) is 6.58 Å². The molecule has 0 aliphatic heterocycles. The summed E-state index contributed by atoms with van der Waals surface area (Å²) in [5.41, 5.74) is 4.20. The Bertz CT molecular complexity index is 1270. The molecule has 7 N–H and O–H groups in total. The molecule has 13 nitrogen and oxygen atoms in total. The van der Waals surface area contributed by atoms with Gasteiger partial charge in [0.15, 0.2) is 22.5 Å². The fourth-order valence-electron chi connectivity index (χ4n) is 3.45. The summed E-state index contributed by atoms with van der Waals surface area (Å²) < 4.78 is 0. The summed E-state index contributed by atoms with van der Waals surface area (Å²) in [6.07, 6.45) is 1.38. The van der Waals surface area contributed by atoms with E-state index in [1.807, 2.05) is 0 Å². The minimum Gasteiger partial charge on any atom is -0.481 e. The van der Waals surface area contributed by atoms with E-state index in [9.17, 15) is 24.6 Å². The first-order valence-electron chi connectivity index (χ1n) is 10.4. The number of rotatable bonds is 11. The number of aromatic nitrogens is 4. The largest absolute Gasteiger partial charge is 0.481 e. The number of benzene rings is 1. The number of carboxylic acid groups (broad SMARTS) is 2. The van der Waals surface area contributed by atoms with Gasteiger partial charge in [-0.05, 0) is 18.6 Å². The first kappa shape index (κ1) is 25.0. The number of fused-ring (bicyclic) bond motifs is 1. The second-order valence-corrected chi connectivity index (χ2v) is 7.58. The van der Waals surface area contributed by atoms with Crippen LogP contribution in [-0.4, -0.2) is 65.1 Å². The van der Waals surface area contributed by atoms with Crippen LogP contribution in [0.4, 0.5) is 11.8 Å². The van der Waals surface area contributed by atoms with Crippen molar-refractivity contribution in [2.45, 2.75) is 24.8 Å². The number of carboxylic acids is 2. The molecule has 0 saturated carbocycles. The zero-order chi connectivity index (χ0) is 25.6. The van der Waals surface area contributed by atoms with E-state index in [0.717, 1.165) is 0 Å². The molecule has 3 aromatic rings. The zero-order valence-electron chi connectivity index (χ0n) is 18.6. The smallest absolute Gasteiger partial charge is 0.331 e. The second kappa shape index (κ2) is 10.5. The van der Waals surface area contributed by atoms with Crippen LogP contribution in [0.2, 0.25) is 0 Å². The third-order valence-corrected chi connectivity index (χ3v) is 5.21. The predicted molar refractivity (Wildman–Crippen MR) is 126 cm³/mol. The quantitative estimate of drug-likeness (QED) is 0.112. The fourth-order valence-corrected chi connectivity index (χ4v) is 3.45. The molecule has 2 heterocycles. The number of aliphatic carboxylic acids is 2. The van der Waals surface area contributed by atoms with Gasteiger partial charge in [-0.3, -0.25) is 14.6 Å². The van der Waals surface area contributed by atoms with Gasteiger partial charge in [-0.1, -0.05) is 24.3 Å². The Balaban J connectivity index is 2.09. The Morgan fingerprint density at radius 2 is 1.86 bits per heavy atom. The lowest BCUT2D eigenvalue weighted by molar-refractivity contribution is -0.151. The second-order valence-electron chi connectivity index (χ2n) is 7.58. The highest BCUT2D eigenvalue weighted by Gasteiger charge is 2.47. The Morgan fingerprint density at radius 1 is 1.14 bits per heavy atom. The van der Waals surface area contributed by atoms with Gasteiger partial charge in [0.05, 0.1) is 11.9 Å². The van der Waals surface area contributed by atoms with Crippen LogP contribution >= 0.6 is 0 Å². The molecule has 0 radical (unpaired) electrons. The Morgan fingerprint density at radius 3 is 2.49 bits per heavy atom. The molecule has 13 heteroatoms. The van der Waals surface area contributed by atoms with Crippen LogP contribution in [0, 0.1) is 0 Å². The number of amides is 1. The molecule has 0 bridgehead atoms. The lowest BCUT2D eigenvalue weighted by Crippen LogP contribution is -2.62. The molecular weight excluding hydrogens is 456 g/mol. The maximum absolute atomic E-state index is 13.1. The number of carbonyl (C=O) groups is 3. The normalized spacial score (nSPS) is 12.5. The fraction of sp³-hybridized carbons (Fsp3) is 0.227. The number of hydrogen-bond donors (Lipinski definition) is 5. The average Bonchev–Trinajstić information content (AvgIpc) is 2.84. The summed E-state index contributed by atoms with van der Waals surface area (Å²) in [7, 11) is 0. The Labute approximate surface area is 199 Å². The van der Waals surface area contributed by atoms with Gasteiger partial charge in [-0.25, -0.2) is 20.6 Å². The molecule has 0 aliphatic carbocycles. The average molecular weight is 480 g/mol. The molecule has 0 aliphatic rings. The van der Waals surface area contributed by atoms with Crippen molar-refractivity contribution in [2.75, 3.05) is 17.6 Å². The van der Waals surface area contributed by atoms with E-state index < -0.39 is 42.6 Å². The number of anilines is 2. The number of carbonyl (C=O) groups excluding carboxylic acids is 1. The summed E-state index contributed by atoms with van der Waals surface area (Å²) in [5.74, 6) is 2.75. The summed E-state index contributed by atoms with van der Waals surface area (Å²) in [5, 5.41) is 23.0. The molecule has 182 valence electrons. The summed E-state index contributed by atoms with van der Waals surface area (Å²) >= 11 is 0. The van der Waals surface area contributed by atoms with Crippen LogP contribution in [0.1, 0.15) is 28.9 Å². The molecule has 3 rings (SSSR count). The highest BCUT2D eigenvalue weighted by atomic mass is 16.4. The Kier molecular flexibility index (Phi) is 7.51. The first-order valence-corrected chi connectivity index (χ1v) is 10.4. The highest BCUT2D eigenvalue weighted by molar-refractivity contribution is 5.97. The van der Waals surface area contributed by atoms with E-state index in [2.05, 4.69) is 31.8 Å². The highest BCUT2D eigenvalue weighted by Crippen LogP contribution is 2.28. The number of nitrogens with zero attached hydrogens (tertiary/aromatic N) is 5. The van der Waals surface area contributed by atoms with Crippen LogP contribution in [0.15, 0.2) is 49.2 Å². The number of hydrazine groups is 1. The van der Waals surface area contributed by atoms with Crippen LogP contribution < -0.4 is 16.9 Å². The van der Waals surface area contributed by atoms with Crippen molar-refractivity contribution in [1.29, 1.82) is 0 Å².